The highest BCUT2D eigenvalue weighted by atomic mass is 32.1. The Labute approximate surface area is 122 Å². The smallest absolute Gasteiger partial charge is 0.321 e. The van der Waals surface area contributed by atoms with Gasteiger partial charge < -0.3 is 4.90 Å². The van der Waals surface area contributed by atoms with Crippen molar-refractivity contribution in [2.24, 2.45) is 5.92 Å². The number of thiazole rings is 1. The number of amides is 2. The van der Waals surface area contributed by atoms with Gasteiger partial charge in [-0.15, -0.1) is 11.3 Å². The van der Waals surface area contributed by atoms with E-state index < -0.39 is 0 Å². The SMILES string of the molecule is CC(C)Cn1nccc1NC(=O)N(C)Cc1nccs1. The Morgan fingerprint density at radius 2 is 2.30 bits per heavy atom. The molecule has 0 saturated heterocycles. The molecule has 1 N–H and O–H groups in total. The predicted molar refractivity (Wildman–Crippen MR) is 79.7 cm³/mol. The number of nitrogens with zero attached hydrogens (tertiary/aromatic N) is 4. The summed E-state index contributed by atoms with van der Waals surface area (Å²) in [6.45, 7) is 5.50. The van der Waals surface area contributed by atoms with Crippen LogP contribution < -0.4 is 5.32 Å². The maximum atomic E-state index is 12.1. The van der Waals surface area contributed by atoms with E-state index in [0.29, 0.717) is 12.5 Å². The summed E-state index contributed by atoms with van der Waals surface area (Å²) in [5.74, 6) is 1.19. The van der Waals surface area contributed by atoms with Crippen LogP contribution in [-0.2, 0) is 13.1 Å². The monoisotopic (exact) mass is 293 g/mol. The minimum Gasteiger partial charge on any atom is -0.321 e. The first-order valence-electron chi connectivity index (χ1n) is 6.48. The highest BCUT2D eigenvalue weighted by Gasteiger charge is 2.13. The molecule has 0 aromatic carbocycles. The number of urea groups is 1. The second kappa shape index (κ2) is 6.51. The number of anilines is 1. The average Bonchev–Trinajstić information content (AvgIpc) is 3.01. The van der Waals surface area contributed by atoms with Crippen molar-refractivity contribution >= 4 is 23.2 Å². The number of aromatic nitrogens is 3. The highest BCUT2D eigenvalue weighted by molar-refractivity contribution is 7.09. The van der Waals surface area contributed by atoms with Crippen LogP contribution in [0, 0.1) is 5.92 Å². The first-order chi connectivity index (χ1) is 9.56. The summed E-state index contributed by atoms with van der Waals surface area (Å²) in [5, 5.41) is 9.91. The van der Waals surface area contributed by atoms with Gasteiger partial charge in [-0.1, -0.05) is 13.8 Å². The van der Waals surface area contributed by atoms with Gasteiger partial charge in [-0.05, 0) is 5.92 Å². The maximum absolute atomic E-state index is 12.1. The third-order valence-corrected chi connectivity index (χ3v) is 3.46. The van der Waals surface area contributed by atoms with E-state index in [1.807, 2.05) is 5.38 Å². The lowest BCUT2D eigenvalue weighted by molar-refractivity contribution is 0.220. The van der Waals surface area contributed by atoms with Gasteiger partial charge in [0.1, 0.15) is 10.8 Å². The fourth-order valence-corrected chi connectivity index (χ4v) is 2.41. The molecule has 0 aliphatic rings. The van der Waals surface area contributed by atoms with Gasteiger partial charge in [-0.3, -0.25) is 5.32 Å². The van der Waals surface area contributed by atoms with Gasteiger partial charge in [0, 0.05) is 31.2 Å². The molecule has 0 saturated carbocycles. The molecule has 2 aromatic rings. The van der Waals surface area contributed by atoms with Crippen molar-refractivity contribution in [3.05, 3.63) is 28.8 Å². The molecular weight excluding hydrogens is 274 g/mol. The Bertz CT molecular complexity index is 549. The van der Waals surface area contributed by atoms with E-state index in [2.05, 4.69) is 29.2 Å². The minimum absolute atomic E-state index is 0.161. The Morgan fingerprint density at radius 1 is 1.50 bits per heavy atom. The van der Waals surface area contributed by atoms with E-state index in [1.165, 1.54) is 11.3 Å². The topological polar surface area (TPSA) is 63.1 Å². The van der Waals surface area contributed by atoms with Crippen molar-refractivity contribution < 1.29 is 4.79 Å². The van der Waals surface area contributed by atoms with Crippen molar-refractivity contribution in [2.45, 2.75) is 26.9 Å². The molecule has 2 aromatic heterocycles. The second-order valence-corrected chi connectivity index (χ2v) is 5.98. The molecule has 7 heteroatoms. The molecule has 0 fully saturated rings. The zero-order valence-electron chi connectivity index (χ0n) is 11.9. The number of carbonyl (C=O) groups excluding carboxylic acids is 1. The van der Waals surface area contributed by atoms with Crippen molar-refractivity contribution in [3.8, 4) is 0 Å². The van der Waals surface area contributed by atoms with Crippen molar-refractivity contribution in [1.29, 1.82) is 0 Å². The molecule has 0 radical (unpaired) electrons. The third kappa shape index (κ3) is 3.80. The summed E-state index contributed by atoms with van der Waals surface area (Å²) in [7, 11) is 1.75. The van der Waals surface area contributed by atoms with Gasteiger partial charge in [0.2, 0.25) is 0 Å². The van der Waals surface area contributed by atoms with Crippen LogP contribution in [0.2, 0.25) is 0 Å². The van der Waals surface area contributed by atoms with E-state index in [1.54, 1.807) is 35.1 Å². The number of carbonyl (C=O) groups is 1. The van der Waals surface area contributed by atoms with E-state index in [9.17, 15) is 4.79 Å². The summed E-state index contributed by atoms with van der Waals surface area (Å²) < 4.78 is 1.81. The summed E-state index contributed by atoms with van der Waals surface area (Å²) in [4.78, 5) is 17.9. The lowest BCUT2D eigenvalue weighted by atomic mass is 10.2. The predicted octanol–water partition coefficient (Wildman–Crippen LogP) is 2.66. The molecule has 0 aliphatic heterocycles. The van der Waals surface area contributed by atoms with Gasteiger partial charge in [-0.2, -0.15) is 5.10 Å². The van der Waals surface area contributed by atoms with Crippen molar-refractivity contribution in [1.82, 2.24) is 19.7 Å². The largest absolute Gasteiger partial charge is 0.323 e. The normalized spacial score (nSPS) is 10.8. The van der Waals surface area contributed by atoms with Crippen molar-refractivity contribution in [3.63, 3.8) is 0 Å². The molecule has 6 nitrogen and oxygen atoms in total. The molecule has 108 valence electrons. The molecule has 2 rings (SSSR count). The summed E-state index contributed by atoms with van der Waals surface area (Å²) in [5.41, 5.74) is 0. The lowest BCUT2D eigenvalue weighted by Crippen LogP contribution is -2.31. The van der Waals surface area contributed by atoms with E-state index >= 15 is 0 Å². The fourth-order valence-electron chi connectivity index (χ4n) is 1.74. The molecule has 0 spiro atoms. The first-order valence-corrected chi connectivity index (χ1v) is 7.36. The lowest BCUT2D eigenvalue weighted by Gasteiger charge is -2.17. The Kier molecular flexibility index (Phi) is 4.73. The highest BCUT2D eigenvalue weighted by Crippen LogP contribution is 2.12. The molecule has 0 bridgehead atoms. The summed E-state index contributed by atoms with van der Waals surface area (Å²) in [6.07, 6.45) is 3.43. The average molecular weight is 293 g/mol. The Hall–Kier alpha value is -1.89. The van der Waals surface area contributed by atoms with Gasteiger partial charge in [0.05, 0.1) is 12.7 Å². The molecule has 0 unspecified atom stereocenters. The third-order valence-electron chi connectivity index (χ3n) is 2.69. The van der Waals surface area contributed by atoms with Gasteiger partial charge in [-0.25, -0.2) is 14.5 Å². The van der Waals surface area contributed by atoms with Crippen LogP contribution in [-0.4, -0.2) is 32.7 Å². The number of nitrogens with one attached hydrogen (secondary N) is 1. The zero-order chi connectivity index (χ0) is 14.5. The number of rotatable bonds is 5. The van der Waals surface area contributed by atoms with E-state index in [-0.39, 0.29) is 6.03 Å². The molecule has 2 amide bonds. The van der Waals surface area contributed by atoms with Crippen LogP contribution in [0.3, 0.4) is 0 Å². The number of hydrogen-bond acceptors (Lipinski definition) is 4. The quantitative estimate of drug-likeness (QED) is 0.922. The van der Waals surface area contributed by atoms with Gasteiger partial charge in [0.25, 0.3) is 0 Å². The summed E-state index contributed by atoms with van der Waals surface area (Å²) >= 11 is 1.54. The number of hydrogen-bond donors (Lipinski definition) is 1. The van der Waals surface area contributed by atoms with E-state index in [0.717, 1.165) is 17.4 Å². The second-order valence-electron chi connectivity index (χ2n) is 5.00. The molecular formula is C13H19N5OS. The Balaban J connectivity index is 1.95. The maximum Gasteiger partial charge on any atom is 0.323 e. The zero-order valence-corrected chi connectivity index (χ0v) is 12.7. The fraction of sp³-hybridized carbons (Fsp3) is 0.462. The van der Waals surface area contributed by atoms with Crippen LogP contribution in [0.4, 0.5) is 10.6 Å². The van der Waals surface area contributed by atoms with Crippen LogP contribution in [0.25, 0.3) is 0 Å². The molecule has 20 heavy (non-hydrogen) atoms. The van der Waals surface area contributed by atoms with Crippen LogP contribution in [0.5, 0.6) is 0 Å². The molecule has 0 atom stereocenters. The van der Waals surface area contributed by atoms with Crippen molar-refractivity contribution in [2.75, 3.05) is 12.4 Å². The summed E-state index contributed by atoms with van der Waals surface area (Å²) in [6, 6.07) is 1.64. The van der Waals surface area contributed by atoms with Crippen LogP contribution in [0.1, 0.15) is 18.9 Å². The minimum atomic E-state index is -0.161. The molecule has 0 aliphatic carbocycles. The van der Waals surface area contributed by atoms with E-state index in [4.69, 9.17) is 0 Å². The molecule has 2 heterocycles. The standard InChI is InChI=1S/C13H19N5OS/c1-10(2)8-18-11(4-5-15-18)16-13(19)17(3)9-12-14-6-7-20-12/h4-7,10H,8-9H2,1-3H3,(H,16,19). The van der Waals surface area contributed by atoms with Gasteiger partial charge in [0.15, 0.2) is 0 Å². The Morgan fingerprint density at radius 3 is 2.95 bits per heavy atom. The first kappa shape index (κ1) is 14.5. The van der Waals surface area contributed by atoms with Crippen LogP contribution >= 0.6 is 11.3 Å². The van der Waals surface area contributed by atoms with Crippen LogP contribution in [0.15, 0.2) is 23.8 Å². The van der Waals surface area contributed by atoms with Gasteiger partial charge >= 0.3 is 6.03 Å².